The lowest BCUT2D eigenvalue weighted by molar-refractivity contribution is -0.131. The van der Waals surface area contributed by atoms with Crippen LogP contribution in [0.1, 0.15) is 36.0 Å². The fourth-order valence-corrected chi connectivity index (χ4v) is 2.67. The summed E-state index contributed by atoms with van der Waals surface area (Å²) in [6.45, 7) is 1.66. The first-order valence-corrected chi connectivity index (χ1v) is 7.63. The molecule has 2 heterocycles. The number of amides is 2. The lowest BCUT2D eigenvalue weighted by Crippen LogP contribution is -2.41. The maximum atomic E-state index is 12.4. The van der Waals surface area contributed by atoms with Gasteiger partial charge in [-0.05, 0) is 12.8 Å². The van der Waals surface area contributed by atoms with Crippen LogP contribution in [0.25, 0.3) is 0 Å². The Morgan fingerprint density at radius 3 is 2.50 bits per heavy atom. The zero-order valence-corrected chi connectivity index (χ0v) is 13.5. The van der Waals surface area contributed by atoms with Crippen LogP contribution in [0.2, 0.25) is 0 Å². The minimum atomic E-state index is -0.256. The van der Waals surface area contributed by atoms with E-state index in [0.717, 1.165) is 25.9 Å². The van der Waals surface area contributed by atoms with Gasteiger partial charge in [0.15, 0.2) is 0 Å². The number of carbonyl (C=O) groups is 2. The number of ether oxygens (including phenoxy) is 1. The van der Waals surface area contributed by atoms with Gasteiger partial charge in [0.2, 0.25) is 11.8 Å². The predicted molar refractivity (Wildman–Crippen MR) is 81.8 cm³/mol. The third-order valence-electron chi connectivity index (χ3n) is 3.90. The van der Waals surface area contributed by atoms with E-state index >= 15 is 0 Å². The van der Waals surface area contributed by atoms with Gasteiger partial charge in [0.05, 0.1) is 13.7 Å². The molecular weight excluding hydrogens is 284 g/mol. The summed E-state index contributed by atoms with van der Waals surface area (Å²) < 4.78 is 6.62. The minimum absolute atomic E-state index is 0.000562. The molecule has 1 aliphatic rings. The van der Waals surface area contributed by atoms with Crippen molar-refractivity contribution in [1.29, 1.82) is 0 Å². The lowest BCUT2D eigenvalue weighted by Gasteiger charge is -2.24. The second kappa shape index (κ2) is 7.29. The summed E-state index contributed by atoms with van der Waals surface area (Å²) in [4.78, 5) is 28.1. The summed E-state index contributed by atoms with van der Waals surface area (Å²) in [6, 6.07) is 0. The first-order chi connectivity index (χ1) is 10.5. The van der Waals surface area contributed by atoms with Crippen molar-refractivity contribution in [1.82, 2.24) is 19.6 Å². The Morgan fingerprint density at radius 1 is 1.27 bits per heavy atom. The van der Waals surface area contributed by atoms with E-state index in [9.17, 15) is 9.59 Å². The van der Waals surface area contributed by atoms with Crippen LogP contribution in [0.4, 0.5) is 0 Å². The Labute approximate surface area is 130 Å². The number of methoxy groups -OCH3 is 1. The molecule has 1 saturated heterocycles. The topological polar surface area (TPSA) is 67.7 Å². The highest BCUT2D eigenvalue weighted by Crippen LogP contribution is 2.17. The molecular formula is C15H24N4O3. The van der Waals surface area contributed by atoms with Crippen molar-refractivity contribution in [3.05, 3.63) is 11.8 Å². The number of likely N-dealkylation sites (N-methyl/N-ethyl adjacent to an activating group) is 1. The molecule has 0 aromatic carbocycles. The van der Waals surface area contributed by atoms with E-state index in [1.807, 2.05) is 4.90 Å². The molecule has 0 unspecified atom stereocenters. The van der Waals surface area contributed by atoms with Gasteiger partial charge in [-0.3, -0.25) is 14.3 Å². The zero-order valence-electron chi connectivity index (χ0n) is 13.5. The molecule has 2 rings (SSSR count). The van der Waals surface area contributed by atoms with Crippen molar-refractivity contribution in [2.75, 3.05) is 33.8 Å². The molecule has 2 amide bonds. The van der Waals surface area contributed by atoms with E-state index in [2.05, 4.69) is 5.10 Å². The van der Waals surface area contributed by atoms with Crippen LogP contribution in [0.15, 0.2) is 6.20 Å². The molecule has 122 valence electrons. The van der Waals surface area contributed by atoms with Gasteiger partial charge in [0.25, 0.3) is 5.91 Å². The number of likely N-dealkylation sites (tertiary alicyclic amines) is 1. The highest BCUT2D eigenvalue weighted by atomic mass is 16.5. The second-order valence-electron chi connectivity index (χ2n) is 5.68. The Hall–Kier alpha value is -2.05. The molecule has 0 spiro atoms. The average Bonchev–Trinajstić information content (AvgIpc) is 2.71. The minimum Gasteiger partial charge on any atom is -0.479 e. The molecule has 1 aliphatic heterocycles. The van der Waals surface area contributed by atoms with Gasteiger partial charge >= 0.3 is 0 Å². The number of rotatable bonds is 4. The number of nitrogens with zero attached hydrogens (tertiary/aromatic N) is 4. The third-order valence-corrected chi connectivity index (χ3v) is 3.90. The van der Waals surface area contributed by atoms with Crippen LogP contribution in [-0.2, 0) is 11.8 Å². The Balaban J connectivity index is 1.99. The van der Waals surface area contributed by atoms with Crippen molar-refractivity contribution < 1.29 is 14.3 Å². The summed E-state index contributed by atoms with van der Waals surface area (Å²) >= 11 is 0. The molecule has 0 bridgehead atoms. The van der Waals surface area contributed by atoms with Crippen molar-refractivity contribution in [3.63, 3.8) is 0 Å². The molecule has 1 fully saturated rings. The molecule has 0 atom stereocenters. The SMILES string of the molecule is COc1nn(C)cc1C(=O)N(C)CC(=O)N1CCCCCC1. The first kappa shape index (κ1) is 16.3. The van der Waals surface area contributed by atoms with Gasteiger partial charge < -0.3 is 14.5 Å². The highest BCUT2D eigenvalue weighted by Gasteiger charge is 2.24. The van der Waals surface area contributed by atoms with E-state index < -0.39 is 0 Å². The summed E-state index contributed by atoms with van der Waals surface area (Å²) in [5.41, 5.74) is 0.371. The van der Waals surface area contributed by atoms with Crippen molar-refractivity contribution in [2.45, 2.75) is 25.7 Å². The van der Waals surface area contributed by atoms with Gasteiger partial charge in [-0.1, -0.05) is 12.8 Å². The third kappa shape index (κ3) is 3.78. The smallest absolute Gasteiger partial charge is 0.261 e. The van der Waals surface area contributed by atoms with Crippen molar-refractivity contribution in [3.8, 4) is 5.88 Å². The van der Waals surface area contributed by atoms with E-state index in [4.69, 9.17) is 4.74 Å². The van der Waals surface area contributed by atoms with Crippen molar-refractivity contribution in [2.24, 2.45) is 7.05 Å². The van der Waals surface area contributed by atoms with Crippen LogP contribution in [0, 0.1) is 0 Å². The highest BCUT2D eigenvalue weighted by molar-refractivity contribution is 5.98. The molecule has 0 radical (unpaired) electrons. The first-order valence-electron chi connectivity index (χ1n) is 7.63. The fraction of sp³-hybridized carbons (Fsp3) is 0.667. The molecule has 0 N–H and O–H groups in total. The van der Waals surface area contributed by atoms with Crippen molar-refractivity contribution >= 4 is 11.8 Å². The molecule has 0 aliphatic carbocycles. The lowest BCUT2D eigenvalue weighted by atomic mass is 10.2. The van der Waals surface area contributed by atoms with E-state index in [-0.39, 0.29) is 24.2 Å². The fourth-order valence-electron chi connectivity index (χ4n) is 2.67. The number of hydrogen-bond acceptors (Lipinski definition) is 4. The molecule has 1 aromatic rings. The largest absolute Gasteiger partial charge is 0.479 e. The maximum absolute atomic E-state index is 12.4. The maximum Gasteiger partial charge on any atom is 0.261 e. The zero-order chi connectivity index (χ0) is 16.1. The van der Waals surface area contributed by atoms with Crippen LogP contribution >= 0.6 is 0 Å². The van der Waals surface area contributed by atoms with Gasteiger partial charge in [0, 0.05) is 33.4 Å². The summed E-state index contributed by atoms with van der Waals surface area (Å²) in [6.07, 6.45) is 6.03. The molecule has 7 heteroatoms. The van der Waals surface area contributed by atoms with Gasteiger partial charge in [-0.25, -0.2) is 0 Å². The van der Waals surface area contributed by atoms with Crippen LogP contribution in [-0.4, -0.2) is 65.2 Å². The van der Waals surface area contributed by atoms with Crippen LogP contribution in [0.3, 0.4) is 0 Å². The molecule has 0 saturated carbocycles. The van der Waals surface area contributed by atoms with Crippen LogP contribution < -0.4 is 4.74 Å². The van der Waals surface area contributed by atoms with E-state index in [1.165, 1.54) is 29.5 Å². The standard InChI is InChI=1S/C15H24N4O3/c1-17(11-13(20)19-8-6-4-5-7-9-19)15(21)12-10-18(2)16-14(12)22-3/h10H,4-9,11H2,1-3H3. The molecule has 7 nitrogen and oxygen atoms in total. The van der Waals surface area contributed by atoms with E-state index in [1.54, 1.807) is 20.3 Å². The van der Waals surface area contributed by atoms with Gasteiger partial charge in [-0.15, -0.1) is 5.10 Å². The average molecular weight is 308 g/mol. The second-order valence-corrected chi connectivity index (χ2v) is 5.68. The summed E-state index contributed by atoms with van der Waals surface area (Å²) in [7, 11) is 4.83. The summed E-state index contributed by atoms with van der Waals surface area (Å²) in [5.74, 6) is 0.0234. The van der Waals surface area contributed by atoms with E-state index in [0.29, 0.717) is 5.56 Å². The summed E-state index contributed by atoms with van der Waals surface area (Å²) in [5, 5.41) is 4.07. The number of aryl methyl sites for hydroxylation is 1. The Morgan fingerprint density at radius 2 is 1.91 bits per heavy atom. The predicted octanol–water partition coefficient (Wildman–Crippen LogP) is 0.903. The number of hydrogen-bond donors (Lipinski definition) is 0. The molecule has 1 aromatic heterocycles. The Kier molecular flexibility index (Phi) is 5.41. The monoisotopic (exact) mass is 308 g/mol. The quantitative estimate of drug-likeness (QED) is 0.829. The molecule has 22 heavy (non-hydrogen) atoms. The number of aromatic nitrogens is 2. The Bertz CT molecular complexity index is 533. The van der Waals surface area contributed by atoms with Gasteiger partial charge in [-0.2, -0.15) is 0 Å². The number of carbonyl (C=O) groups excluding carboxylic acids is 2. The van der Waals surface area contributed by atoms with Gasteiger partial charge in [0.1, 0.15) is 5.56 Å². The normalized spacial score (nSPS) is 15.3. The van der Waals surface area contributed by atoms with Crippen LogP contribution in [0.5, 0.6) is 5.88 Å².